The fourth-order valence-corrected chi connectivity index (χ4v) is 3.13. The lowest BCUT2D eigenvalue weighted by Gasteiger charge is -2.07. The third-order valence-electron chi connectivity index (χ3n) is 3.73. The van der Waals surface area contributed by atoms with Gasteiger partial charge < -0.3 is 4.42 Å². The molecule has 0 fully saturated rings. The Morgan fingerprint density at radius 2 is 2.12 bits per heavy atom. The van der Waals surface area contributed by atoms with Crippen molar-refractivity contribution in [3.05, 3.63) is 70.4 Å². The van der Waals surface area contributed by atoms with Crippen molar-refractivity contribution < 1.29 is 9.21 Å². The van der Waals surface area contributed by atoms with E-state index in [4.69, 9.17) is 4.42 Å². The topological polar surface area (TPSA) is 80.4 Å². The molecular formula is C19H14N4O2S. The van der Waals surface area contributed by atoms with Crippen molar-refractivity contribution in [2.75, 3.05) is 0 Å². The number of pyridine rings is 1. The van der Waals surface area contributed by atoms with Gasteiger partial charge in [-0.3, -0.25) is 4.79 Å². The zero-order valence-electron chi connectivity index (χ0n) is 13.8. The summed E-state index contributed by atoms with van der Waals surface area (Å²) in [6.07, 6.45) is 3.10. The summed E-state index contributed by atoms with van der Waals surface area (Å²) >= 11 is 1.53. The van der Waals surface area contributed by atoms with Crippen LogP contribution >= 0.6 is 11.3 Å². The lowest BCUT2D eigenvalue weighted by molar-refractivity contribution is 0.0957. The van der Waals surface area contributed by atoms with Crippen molar-refractivity contribution in [2.45, 2.75) is 6.92 Å². The average molecular weight is 362 g/mol. The van der Waals surface area contributed by atoms with Crippen LogP contribution in [0, 0.1) is 6.92 Å². The van der Waals surface area contributed by atoms with Gasteiger partial charge in [-0.2, -0.15) is 5.10 Å². The number of aromatic nitrogens is 2. The normalized spacial score (nSPS) is 11.3. The lowest BCUT2D eigenvalue weighted by Crippen LogP contribution is -2.18. The number of rotatable bonds is 4. The third kappa shape index (κ3) is 3.25. The number of para-hydroxylation sites is 1. The molecule has 0 saturated carbocycles. The number of hydrogen-bond acceptors (Lipinski definition) is 6. The van der Waals surface area contributed by atoms with Crippen LogP contribution in [0.3, 0.4) is 0 Å². The highest BCUT2D eigenvalue weighted by Gasteiger charge is 2.14. The Balaban J connectivity index is 1.67. The third-order valence-corrected chi connectivity index (χ3v) is 4.53. The van der Waals surface area contributed by atoms with E-state index in [2.05, 4.69) is 20.5 Å². The van der Waals surface area contributed by atoms with Gasteiger partial charge in [-0.15, -0.1) is 11.3 Å². The van der Waals surface area contributed by atoms with Crippen LogP contribution in [0.25, 0.3) is 22.4 Å². The molecule has 26 heavy (non-hydrogen) atoms. The second kappa shape index (κ2) is 6.89. The van der Waals surface area contributed by atoms with Crippen LogP contribution in [0.4, 0.5) is 0 Å². The van der Waals surface area contributed by atoms with Gasteiger partial charge in [0.1, 0.15) is 5.69 Å². The summed E-state index contributed by atoms with van der Waals surface area (Å²) in [5, 5.41) is 7.58. The number of hydrogen-bond donors (Lipinski definition) is 1. The summed E-state index contributed by atoms with van der Waals surface area (Å²) in [6, 6.07) is 12.8. The van der Waals surface area contributed by atoms with E-state index in [1.165, 1.54) is 17.6 Å². The summed E-state index contributed by atoms with van der Waals surface area (Å²) in [4.78, 5) is 21.5. The molecule has 0 aliphatic carbocycles. The number of amides is 1. The molecular weight excluding hydrogens is 348 g/mol. The molecule has 4 aromatic rings. The molecule has 0 aliphatic heterocycles. The van der Waals surface area contributed by atoms with Crippen LogP contribution in [-0.4, -0.2) is 22.1 Å². The maximum Gasteiger partial charge on any atom is 0.272 e. The van der Waals surface area contributed by atoms with E-state index in [9.17, 15) is 4.79 Å². The number of fused-ring (bicyclic) bond motifs is 1. The lowest BCUT2D eigenvalue weighted by atomic mass is 10.1. The van der Waals surface area contributed by atoms with E-state index in [0.29, 0.717) is 28.2 Å². The first-order valence-electron chi connectivity index (χ1n) is 7.90. The number of benzene rings is 1. The highest BCUT2D eigenvalue weighted by atomic mass is 32.1. The Hall–Kier alpha value is -3.32. The minimum Gasteiger partial charge on any atom is -0.463 e. The predicted octanol–water partition coefficient (Wildman–Crippen LogP) is 4.02. The van der Waals surface area contributed by atoms with Gasteiger partial charge in [0.15, 0.2) is 5.76 Å². The van der Waals surface area contributed by atoms with Crippen LogP contribution in [0.15, 0.2) is 63.6 Å². The molecule has 0 unspecified atom stereocenters. The number of aryl methyl sites for hydroxylation is 1. The van der Waals surface area contributed by atoms with Crippen LogP contribution in [0.2, 0.25) is 0 Å². The van der Waals surface area contributed by atoms with Gasteiger partial charge in [-0.25, -0.2) is 15.4 Å². The second-order valence-electron chi connectivity index (χ2n) is 5.54. The molecule has 6 nitrogen and oxygen atoms in total. The number of hydrazone groups is 1. The maximum atomic E-state index is 12.7. The van der Waals surface area contributed by atoms with E-state index in [1.54, 1.807) is 18.4 Å². The number of nitrogens with one attached hydrogen (secondary N) is 1. The van der Waals surface area contributed by atoms with Gasteiger partial charge in [0.05, 0.1) is 34.3 Å². The Kier molecular flexibility index (Phi) is 4.28. The number of nitrogens with zero attached hydrogens (tertiary/aromatic N) is 3. The minimum absolute atomic E-state index is 0.320. The monoisotopic (exact) mass is 362 g/mol. The van der Waals surface area contributed by atoms with E-state index in [1.807, 2.05) is 42.6 Å². The van der Waals surface area contributed by atoms with Crippen LogP contribution in [-0.2, 0) is 0 Å². The predicted molar refractivity (Wildman–Crippen MR) is 101 cm³/mol. The van der Waals surface area contributed by atoms with Gasteiger partial charge in [0.2, 0.25) is 0 Å². The van der Waals surface area contributed by atoms with Crippen molar-refractivity contribution in [3.63, 3.8) is 0 Å². The molecule has 1 aromatic carbocycles. The molecule has 3 heterocycles. The van der Waals surface area contributed by atoms with Crippen LogP contribution in [0.1, 0.15) is 21.1 Å². The van der Waals surface area contributed by atoms with Gasteiger partial charge in [-0.1, -0.05) is 18.2 Å². The van der Waals surface area contributed by atoms with Crippen LogP contribution < -0.4 is 5.43 Å². The number of thiazole rings is 1. The minimum atomic E-state index is -0.320. The quantitative estimate of drug-likeness (QED) is 0.439. The molecule has 0 bridgehead atoms. The Labute approximate surface area is 153 Å². The average Bonchev–Trinajstić information content (AvgIpc) is 3.32. The zero-order chi connectivity index (χ0) is 17.9. The molecule has 0 saturated heterocycles. The van der Waals surface area contributed by atoms with Crippen LogP contribution in [0.5, 0.6) is 0 Å². The number of furan rings is 1. The zero-order valence-corrected chi connectivity index (χ0v) is 14.7. The summed E-state index contributed by atoms with van der Waals surface area (Å²) in [6.45, 7) is 1.92. The Morgan fingerprint density at radius 1 is 1.23 bits per heavy atom. The largest absolute Gasteiger partial charge is 0.463 e. The maximum absolute atomic E-state index is 12.7. The Morgan fingerprint density at radius 3 is 2.88 bits per heavy atom. The first-order chi connectivity index (χ1) is 12.7. The second-order valence-corrected chi connectivity index (χ2v) is 6.60. The highest BCUT2D eigenvalue weighted by Crippen LogP contribution is 2.25. The number of carbonyl (C=O) groups is 1. The molecule has 7 heteroatoms. The van der Waals surface area contributed by atoms with Crippen molar-refractivity contribution >= 4 is 34.4 Å². The first-order valence-corrected chi connectivity index (χ1v) is 8.78. The summed E-state index contributed by atoms with van der Waals surface area (Å²) in [5.41, 5.74) is 5.06. The van der Waals surface area contributed by atoms with Crippen molar-refractivity contribution in [2.24, 2.45) is 5.10 Å². The van der Waals surface area contributed by atoms with Crippen molar-refractivity contribution in [1.29, 1.82) is 0 Å². The smallest absolute Gasteiger partial charge is 0.272 e. The summed E-state index contributed by atoms with van der Waals surface area (Å²) in [5.74, 6) is 0.283. The standard InChI is InChI=1S/C19H14N4O2S/c1-12-21-13(11-26-12)10-20-23-19(24)15-9-17(18-7-4-8-25-18)22-16-6-3-2-5-14(15)16/h2-11H,1H3,(H,23,24)/b20-10-. The van der Waals surface area contributed by atoms with Gasteiger partial charge in [0.25, 0.3) is 5.91 Å². The van der Waals surface area contributed by atoms with E-state index in [-0.39, 0.29) is 5.91 Å². The summed E-state index contributed by atoms with van der Waals surface area (Å²) in [7, 11) is 0. The SMILES string of the molecule is Cc1nc(/C=N\NC(=O)c2cc(-c3ccco3)nc3ccccc23)cs1. The van der Waals surface area contributed by atoms with E-state index in [0.717, 1.165) is 10.4 Å². The van der Waals surface area contributed by atoms with E-state index < -0.39 is 0 Å². The fraction of sp³-hybridized carbons (Fsp3) is 0.0526. The molecule has 0 aliphatic rings. The molecule has 0 radical (unpaired) electrons. The molecule has 128 valence electrons. The molecule has 1 N–H and O–H groups in total. The van der Waals surface area contributed by atoms with Crippen molar-refractivity contribution in [3.8, 4) is 11.5 Å². The first kappa shape index (κ1) is 16.2. The van der Waals surface area contributed by atoms with E-state index >= 15 is 0 Å². The van der Waals surface area contributed by atoms with Gasteiger partial charge >= 0.3 is 0 Å². The molecule has 0 spiro atoms. The number of carbonyl (C=O) groups excluding carboxylic acids is 1. The molecule has 0 atom stereocenters. The highest BCUT2D eigenvalue weighted by molar-refractivity contribution is 7.09. The molecule has 1 amide bonds. The van der Waals surface area contributed by atoms with Gasteiger partial charge in [0, 0.05) is 10.8 Å². The van der Waals surface area contributed by atoms with Gasteiger partial charge in [-0.05, 0) is 31.2 Å². The molecule has 4 rings (SSSR count). The molecule has 3 aromatic heterocycles. The van der Waals surface area contributed by atoms with Crippen molar-refractivity contribution in [1.82, 2.24) is 15.4 Å². The fourth-order valence-electron chi connectivity index (χ4n) is 2.57. The summed E-state index contributed by atoms with van der Waals surface area (Å²) < 4.78 is 5.41. The Bertz CT molecular complexity index is 1100.